The molecule has 0 aromatic carbocycles. The molecule has 1 unspecified atom stereocenters. The van der Waals surface area contributed by atoms with Gasteiger partial charge in [-0.1, -0.05) is 6.92 Å². The normalized spacial score (nSPS) is 21.2. The predicted octanol–water partition coefficient (Wildman–Crippen LogP) is 0.812. The maximum Gasteiger partial charge on any atom is 0.222 e. The number of nitrogen functional groups attached to an aromatic ring is 1. The van der Waals surface area contributed by atoms with Crippen LogP contribution in [0.5, 0.6) is 0 Å². The lowest BCUT2D eigenvalue weighted by Crippen LogP contribution is -2.22. The summed E-state index contributed by atoms with van der Waals surface area (Å²) in [4.78, 5) is 10.7. The van der Waals surface area contributed by atoms with E-state index in [1.54, 1.807) is 12.4 Å². The highest BCUT2D eigenvalue weighted by molar-refractivity contribution is 5.35. The van der Waals surface area contributed by atoms with Crippen LogP contribution in [0.1, 0.15) is 13.3 Å². The van der Waals surface area contributed by atoms with Gasteiger partial charge < -0.3 is 16.0 Å². The largest absolute Gasteiger partial charge is 0.396 e. The van der Waals surface area contributed by atoms with Gasteiger partial charge in [0.25, 0.3) is 0 Å². The first-order valence-corrected chi connectivity index (χ1v) is 5.81. The van der Waals surface area contributed by atoms with Crippen LogP contribution < -0.4 is 11.1 Å². The summed E-state index contributed by atoms with van der Waals surface area (Å²) in [6.45, 7) is 6.69. The number of hydrogen-bond donors (Lipinski definition) is 2. The maximum absolute atomic E-state index is 5.52. The zero-order valence-electron chi connectivity index (χ0n) is 9.69. The Balaban J connectivity index is 1.77. The lowest BCUT2D eigenvalue weighted by Gasteiger charge is -2.13. The van der Waals surface area contributed by atoms with Gasteiger partial charge in [0, 0.05) is 13.1 Å². The van der Waals surface area contributed by atoms with Crippen LogP contribution in [0.3, 0.4) is 0 Å². The number of anilines is 2. The molecule has 2 heterocycles. The van der Waals surface area contributed by atoms with Crippen molar-refractivity contribution >= 4 is 11.6 Å². The minimum atomic E-state index is 0.601. The highest BCUT2D eigenvalue weighted by atomic mass is 15.2. The van der Waals surface area contributed by atoms with Crippen LogP contribution in [-0.2, 0) is 0 Å². The van der Waals surface area contributed by atoms with E-state index in [0.29, 0.717) is 17.6 Å². The number of nitrogens with zero attached hydrogens (tertiary/aromatic N) is 3. The first-order valence-electron chi connectivity index (χ1n) is 5.81. The van der Waals surface area contributed by atoms with Crippen LogP contribution in [0.15, 0.2) is 12.4 Å². The summed E-state index contributed by atoms with van der Waals surface area (Å²) in [5.74, 6) is 1.38. The van der Waals surface area contributed by atoms with E-state index in [0.717, 1.165) is 13.1 Å². The molecule has 1 aliphatic heterocycles. The van der Waals surface area contributed by atoms with Gasteiger partial charge in [-0.3, -0.25) is 0 Å². The van der Waals surface area contributed by atoms with Crippen molar-refractivity contribution in [2.45, 2.75) is 13.3 Å². The van der Waals surface area contributed by atoms with E-state index in [2.05, 4.69) is 27.1 Å². The van der Waals surface area contributed by atoms with Gasteiger partial charge in [-0.2, -0.15) is 0 Å². The van der Waals surface area contributed by atoms with Crippen molar-refractivity contribution in [1.29, 1.82) is 0 Å². The van der Waals surface area contributed by atoms with Gasteiger partial charge in [-0.15, -0.1) is 0 Å². The third-order valence-electron chi connectivity index (χ3n) is 3.04. The predicted molar refractivity (Wildman–Crippen MR) is 65.2 cm³/mol. The number of nitrogens with two attached hydrogens (primary N) is 1. The summed E-state index contributed by atoms with van der Waals surface area (Å²) in [6, 6.07) is 0. The third kappa shape index (κ3) is 2.82. The van der Waals surface area contributed by atoms with Gasteiger partial charge >= 0.3 is 0 Å². The minimum absolute atomic E-state index is 0.601. The summed E-state index contributed by atoms with van der Waals surface area (Å²) in [5.41, 5.74) is 6.12. The lowest BCUT2D eigenvalue weighted by molar-refractivity contribution is 0.345. The summed E-state index contributed by atoms with van der Waals surface area (Å²) in [6.07, 6.45) is 4.51. The second-order valence-corrected chi connectivity index (χ2v) is 4.27. The topological polar surface area (TPSA) is 67.1 Å². The Kier molecular flexibility index (Phi) is 3.56. The van der Waals surface area contributed by atoms with Gasteiger partial charge in [-0.05, 0) is 25.4 Å². The molecule has 1 aromatic heterocycles. The standard InChI is InChI=1S/C11H19N5/c1-2-16-4-3-9(8-16)5-13-11-14-6-10(12)7-15-11/h6-7,9H,2-5,8,12H2,1H3,(H,13,14,15). The molecule has 88 valence electrons. The highest BCUT2D eigenvalue weighted by Gasteiger charge is 2.20. The van der Waals surface area contributed by atoms with Crippen LogP contribution in [0.2, 0.25) is 0 Å². The fourth-order valence-corrected chi connectivity index (χ4v) is 2.03. The third-order valence-corrected chi connectivity index (χ3v) is 3.04. The molecule has 1 aliphatic rings. The van der Waals surface area contributed by atoms with Gasteiger partial charge in [0.05, 0.1) is 18.1 Å². The van der Waals surface area contributed by atoms with Gasteiger partial charge in [0.1, 0.15) is 0 Å². The van der Waals surface area contributed by atoms with E-state index < -0.39 is 0 Å². The Morgan fingerprint density at radius 3 is 2.88 bits per heavy atom. The Bertz CT molecular complexity index is 324. The molecule has 0 saturated carbocycles. The molecule has 2 rings (SSSR count). The SMILES string of the molecule is CCN1CCC(CNc2ncc(N)cn2)C1. The minimum Gasteiger partial charge on any atom is -0.396 e. The fraction of sp³-hybridized carbons (Fsp3) is 0.636. The Hall–Kier alpha value is -1.36. The molecule has 1 saturated heterocycles. The second-order valence-electron chi connectivity index (χ2n) is 4.27. The quantitative estimate of drug-likeness (QED) is 0.787. The highest BCUT2D eigenvalue weighted by Crippen LogP contribution is 2.15. The zero-order valence-corrected chi connectivity index (χ0v) is 9.69. The van der Waals surface area contributed by atoms with Crippen LogP contribution in [0, 0.1) is 5.92 Å². The monoisotopic (exact) mass is 221 g/mol. The van der Waals surface area contributed by atoms with Gasteiger partial charge in [-0.25, -0.2) is 9.97 Å². The average Bonchev–Trinajstić information content (AvgIpc) is 2.76. The van der Waals surface area contributed by atoms with E-state index in [-0.39, 0.29) is 0 Å². The van der Waals surface area contributed by atoms with Crippen molar-refractivity contribution < 1.29 is 0 Å². The van der Waals surface area contributed by atoms with Crippen LogP contribution in [0.4, 0.5) is 11.6 Å². The molecule has 5 heteroatoms. The summed E-state index contributed by atoms with van der Waals surface area (Å²) >= 11 is 0. The number of hydrogen-bond acceptors (Lipinski definition) is 5. The van der Waals surface area contributed by atoms with E-state index in [4.69, 9.17) is 5.73 Å². The molecule has 1 aromatic rings. The number of rotatable bonds is 4. The summed E-state index contributed by atoms with van der Waals surface area (Å²) < 4.78 is 0. The fourth-order valence-electron chi connectivity index (χ4n) is 2.03. The Morgan fingerprint density at radius 2 is 2.25 bits per heavy atom. The molecule has 5 nitrogen and oxygen atoms in total. The number of nitrogens with one attached hydrogen (secondary N) is 1. The van der Waals surface area contributed by atoms with E-state index >= 15 is 0 Å². The van der Waals surface area contributed by atoms with Crippen molar-refractivity contribution in [2.24, 2.45) is 5.92 Å². The second kappa shape index (κ2) is 5.12. The molecule has 0 spiro atoms. The van der Waals surface area contributed by atoms with Gasteiger partial charge in [0.2, 0.25) is 5.95 Å². The first-order chi connectivity index (χ1) is 7.78. The molecule has 0 radical (unpaired) electrons. The van der Waals surface area contributed by atoms with Crippen molar-refractivity contribution in [3.05, 3.63) is 12.4 Å². The maximum atomic E-state index is 5.52. The van der Waals surface area contributed by atoms with Crippen LogP contribution in [-0.4, -0.2) is 41.0 Å². The van der Waals surface area contributed by atoms with Crippen molar-refractivity contribution in [2.75, 3.05) is 37.2 Å². The van der Waals surface area contributed by atoms with E-state index in [1.807, 2.05) is 0 Å². The first kappa shape index (κ1) is 11.1. The summed E-state index contributed by atoms with van der Waals surface area (Å²) in [5, 5.41) is 3.25. The van der Waals surface area contributed by atoms with Gasteiger partial charge in [0.15, 0.2) is 0 Å². The van der Waals surface area contributed by atoms with Crippen molar-refractivity contribution in [3.8, 4) is 0 Å². The Morgan fingerprint density at radius 1 is 1.50 bits per heavy atom. The molecular formula is C11H19N5. The number of likely N-dealkylation sites (tertiary alicyclic amines) is 1. The molecule has 0 amide bonds. The van der Waals surface area contributed by atoms with E-state index in [9.17, 15) is 0 Å². The smallest absolute Gasteiger partial charge is 0.222 e. The lowest BCUT2D eigenvalue weighted by atomic mass is 10.1. The van der Waals surface area contributed by atoms with Crippen molar-refractivity contribution in [1.82, 2.24) is 14.9 Å². The van der Waals surface area contributed by atoms with Crippen LogP contribution in [0.25, 0.3) is 0 Å². The molecule has 1 atom stereocenters. The van der Waals surface area contributed by atoms with Crippen molar-refractivity contribution in [3.63, 3.8) is 0 Å². The zero-order chi connectivity index (χ0) is 11.4. The molecule has 16 heavy (non-hydrogen) atoms. The molecular weight excluding hydrogens is 202 g/mol. The van der Waals surface area contributed by atoms with E-state index in [1.165, 1.54) is 19.5 Å². The molecule has 3 N–H and O–H groups in total. The Labute approximate surface area is 96.1 Å². The molecule has 0 aliphatic carbocycles. The average molecular weight is 221 g/mol. The molecule has 0 bridgehead atoms. The summed E-state index contributed by atoms with van der Waals surface area (Å²) in [7, 11) is 0. The van der Waals surface area contributed by atoms with Crippen LogP contribution >= 0.6 is 0 Å². The number of aromatic nitrogens is 2. The molecule has 1 fully saturated rings.